The molecule has 1 fully saturated rings. The maximum Gasteiger partial charge on any atom is 0.0399 e. The van der Waals surface area contributed by atoms with E-state index in [2.05, 4.69) is 52.0 Å². The highest BCUT2D eigenvalue weighted by molar-refractivity contribution is 9.09. The number of alkyl halides is 1. The second kappa shape index (κ2) is 6.09. The third-order valence-electron chi connectivity index (χ3n) is 5.16. The topological polar surface area (TPSA) is 3.24 Å². The molecule has 0 spiro atoms. The van der Waals surface area contributed by atoms with Gasteiger partial charge in [-0.05, 0) is 42.2 Å². The van der Waals surface area contributed by atoms with Gasteiger partial charge in [0.15, 0.2) is 0 Å². The van der Waals surface area contributed by atoms with Crippen molar-refractivity contribution in [2.75, 3.05) is 23.3 Å². The molecule has 0 saturated heterocycles. The highest BCUT2D eigenvalue weighted by Crippen LogP contribution is 2.41. The van der Waals surface area contributed by atoms with E-state index in [-0.39, 0.29) is 0 Å². The molecule has 1 heterocycles. The van der Waals surface area contributed by atoms with Gasteiger partial charge in [-0.3, -0.25) is 0 Å². The van der Waals surface area contributed by atoms with Crippen LogP contribution >= 0.6 is 15.9 Å². The van der Waals surface area contributed by atoms with Crippen molar-refractivity contribution in [1.29, 1.82) is 0 Å². The summed E-state index contributed by atoms with van der Waals surface area (Å²) in [7, 11) is 0. The van der Waals surface area contributed by atoms with E-state index in [1.807, 2.05) is 0 Å². The predicted octanol–water partition coefficient (Wildman–Crippen LogP) is 5.03. The van der Waals surface area contributed by atoms with Gasteiger partial charge >= 0.3 is 0 Å². The predicted molar refractivity (Wildman–Crippen MR) is 90.8 cm³/mol. The lowest BCUT2D eigenvalue weighted by molar-refractivity contribution is 0.225. The van der Waals surface area contributed by atoms with Gasteiger partial charge < -0.3 is 4.90 Å². The summed E-state index contributed by atoms with van der Waals surface area (Å²) in [4.78, 5) is 2.68. The van der Waals surface area contributed by atoms with E-state index in [1.165, 1.54) is 57.3 Å². The fourth-order valence-electron chi connectivity index (χ4n) is 4.10. The molecular weight excluding hydrogens is 310 g/mol. The van der Waals surface area contributed by atoms with Crippen LogP contribution in [0.15, 0.2) is 24.3 Å². The average Bonchev–Trinajstić information content (AvgIpc) is 2.48. The van der Waals surface area contributed by atoms with E-state index >= 15 is 0 Å². The molecule has 1 aromatic carbocycles. The summed E-state index contributed by atoms with van der Waals surface area (Å²) < 4.78 is 0. The van der Waals surface area contributed by atoms with Crippen molar-refractivity contribution >= 4 is 21.6 Å². The highest BCUT2D eigenvalue weighted by Gasteiger charge is 2.34. The Morgan fingerprint density at radius 1 is 1.20 bits per heavy atom. The zero-order valence-electron chi connectivity index (χ0n) is 12.6. The molecule has 0 aromatic heterocycles. The first-order chi connectivity index (χ1) is 9.72. The minimum Gasteiger partial charge on any atom is -0.370 e. The molecule has 1 aromatic rings. The first-order valence-electron chi connectivity index (χ1n) is 8.11. The molecule has 0 bridgehead atoms. The van der Waals surface area contributed by atoms with Gasteiger partial charge in [0.1, 0.15) is 0 Å². The zero-order valence-corrected chi connectivity index (χ0v) is 14.2. The van der Waals surface area contributed by atoms with Crippen LogP contribution in [0.25, 0.3) is 0 Å². The molecule has 0 amide bonds. The third kappa shape index (κ3) is 2.90. The van der Waals surface area contributed by atoms with Crippen molar-refractivity contribution in [3.8, 4) is 0 Å². The molecule has 1 aliphatic carbocycles. The molecular formula is C18H26BrN. The van der Waals surface area contributed by atoms with E-state index in [9.17, 15) is 0 Å². The Bertz CT molecular complexity index is 450. The van der Waals surface area contributed by atoms with E-state index in [1.54, 1.807) is 5.56 Å². The monoisotopic (exact) mass is 335 g/mol. The number of rotatable bonds is 3. The molecule has 0 N–H and O–H groups in total. The number of hydrogen-bond acceptors (Lipinski definition) is 1. The molecule has 2 aliphatic rings. The summed E-state index contributed by atoms with van der Waals surface area (Å²) in [6, 6.07) is 9.03. The van der Waals surface area contributed by atoms with Gasteiger partial charge in [0.25, 0.3) is 0 Å². The Balaban J connectivity index is 1.83. The standard InChI is InChI=1S/C18H26BrN/c1-15-11-16-7-3-4-8-17(16)20(12-15)14-18(13-19)9-5-2-6-10-18/h3-4,7-8,15H,2,5-6,9-14H2,1H3. The van der Waals surface area contributed by atoms with Crippen LogP contribution in [0.1, 0.15) is 44.6 Å². The van der Waals surface area contributed by atoms with Crippen LogP contribution in [-0.4, -0.2) is 18.4 Å². The van der Waals surface area contributed by atoms with Crippen LogP contribution in [0, 0.1) is 11.3 Å². The van der Waals surface area contributed by atoms with Crippen molar-refractivity contribution in [3.05, 3.63) is 29.8 Å². The van der Waals surface area contributed by atoms with Gasteiger partial charge in [0.2, 0.25) is 0 Å². The fourth-order valence-corrected chi connectivity index (χ4v) is 4.83. The smallest absolute Gasteiger partial charge is 0.0399 e. The van der Waals surface area contributed by atoms with Crippen molar-refractivity contribution in [1.82, 2.24) is 0 Å². The van der Waals surface area contributed by atoms with Crippen LogP contribution in [0.2, 0.25) is 0 Å². The minimum absolute atomic E-state index is 0.502. The maximum atomic E-state index is 3.82. The Morgan fingerprint density at radius 2 is 1.95 bits per heavy atom. The normalized spacial score (nSPS) is 25.3. The number of hydrogen-bond donors (Lipinski definition) is 0. The Labute approximate surface area is 131 Å². The van der Waals surface area contributed by atoms with Crippen molar-refractivity contribution in [2.24, 2.45) is 11.3 Å². The summed E-state index contributed by atoms with van der Waals surface area (Å²) >= 11 is 3.82. The van der Waals surface area contributed by atoms with E-state index in [4.69, 9.17) is 0 Å². The lowest BCUT2D eigenvalue weighted by Crippen LogP contribution is -2.44. The zero-order chi connectivity index (χ0) is 14.0. The summed E-state index contributed by atoms with van der Waals surface area (Å²) in [5, 5.41) is 1.16. The molecule has 3 rings (SSSR count). The van der Waals surface area contributed by atoms with Crippen molar-refractivity contribution in [2.45, 2.75) is 45.4 Å². The number of halogens is 1. The van der Waals surface area contributed by atoms with Crippen LogP contribution in [0.3, 0.4) is 0 Å². The van der Waals surface area contributed by atoms with E-state index < -0.39 is 0 Å². The Hall–Kier alpha value is -0.500. The second-order valence-corrected chi connectivity index (χ2v) is 7.57. The lowest BCUT2D eigenvalue weighted by atomic mass is 9.75. The molecule has 1 aliphatic heterocycles. The number of fused-ring (bicyclic) bond motifs is 1. The molecule has 110 valence electrons. The lowest BCUT2D eigenvalue weighted by Gasteiger charge is -2.44. The fraction of sp³-hybridized carbons (Fsp3) is 0.667. The van der Waals surface area contributed by atoms with Crippen LogP contribution in [-0.2, 0) is 6.42 Å². The summed E-state index contributed by atoms with van der Waals surface area (Å²) in [6.07, 6.45) is 8.29. The highest BCUT2D eigenvalue weighted by atomic mass is 79.9. The SMILES string of the molecule is CC1Cc2ccccc2N(CC2(CBr)CCCCC2)C1. The summed E-state index contributed by atoms with van der Waals surface area (Å²) in [5.74, 6) is 0.779. The number of para-hydroxylation sites is 1. The first kappa shape index (κ1) is 14.4. The molecule has 20 heavy (non-hydrogen) atoms. The molecule has 0 radical (unpaired) electrons. The molecule has 1 atom stereocenters. The van der Waals surface area contributed by atoms with Crippen LogP contribution in [0.4, 0.5) is 5.69 Å². The van der Waals surface area contributed by atoms with Crippen LogP contribution < -0.4 is 4.90 Å². The van der Waals surface area contributed by atoms with Gasteiger partial charge in [-0.1, -0.05) is 60.3 Å². The minimum atomic E-state index is 0.502. The first-order valence-corrected chi connectivity index (χ1v) is 9.23. The number of nitrogens with zero attached hydrogens (tertiary/aromatic N) is 1. The van der Waals surface area contributed by atoms with Gasteiger partial charge in [0.05, 0.1) is 0 Å². The van der Waals surface area contributed by atoms with Crippen LogP contribution in [0.5, 0.6) is 0 Å². The summed E-state index contributed by atoms with van der Waals surface area (Å²) in [5.41, 5.74) is 3.55. The Kier molecular flexibility index (Phi) is 4.40. The quantitative estimate of drug-likeness (QED) is 0.700. The van der Waals surface area contributed by atoms with Crippen molar-refractivity contribution < 1.29 is 0 Å². The van der Waals surface area contributed by atoms with Gasteiger partial charge in [0, 0.05) is 24.1 Å². The Morgan fingerprint density at radius 3 is 2.70 bits per heavy atom. The maximum absolute atomic E-state index is 3.82. The molecule has 1 saturated carbocycles. The van der Waals surface area contributed by atoms with Crippen molar-refractivity contribution in [3.63, 3.8) is 0 Å². The largest absolute Gasteiger partial charge is 0.370 e. The van der Waals surface area contributed by atoms with E-state index in [0.29, 0.717) is 5.41 Å². The molecule has 1 unspecified atom stereocenters. The summed E-state index contributed by atoms with van der Waals surface area (Å²) in [6.45, 7) is 4.86. The number of benzene rings is 1. The molecule has 1 nitrogen and oxygen atoms in total. The molecule has 2 heteroatoms. The average molecular weight is 336 g/mol. The number of anilines is 1. The van der Waals surface area contributed by atoms with E-state index in [0.717, 1.165) is 11.2 Å². The van der Waals surface area contributed by atoms with Gasteiger partial charge in [-0.15, -0.1) is 0 Å². The van der Waals surface area contributed by atoms with Gasteiger partial charge in [-0.2, -0.15) is 0 Å². The third-order valence-corrected chi connectivity index (χ3v) is 6.35. The van der Waals surface area contributed by atoms with Gasteiger partial charge in [-0.25, -0.2) is 0 Å². The second-order valence-electron chi connectivity index (χ2n) is 7.01.